The fourth-order valence-corrected chi connectivity index (χ4v) is 2.80. The molecule has 0 spiro atoms. The first-order valence-electron chi connectivity index (χ1n) is 7.76. The summed E-state index contributed by atoms with van der Waals surface area (Å²) in [6, 6.07) is 9.70. The normalized spacial score (nSPS) is 11.7. The third-order valence-corrected chi connectivity index (χ3v) is 4.49. The van der Waals surface area contributed by atoms with Crippen molar-refractivity contribution in [3.63, 3.8) is 0 Å². The van der Waals surface area contributed by atoms with Gasteiger partial charge in [-0.05, 0) is 50.2 Å². The molecular weight excluding hydrogens is 363 g/mol. The van der Waals surface area contributed by atoms with Crippen LogP contribution in [0.4, 0.5) is 26.6 Å². The van der Waals surface area contributed by atoms with Crippen LogP contribution in [-0.2, 0) is 10.2 Å². The molecule has 0 heterocycles. The molecule has 0 amide bonds. The van der Waals surface area contributed by atoms with Crippen molar-refractivity contribution < 1.29 is 17.2 Å². The van der Waals surface area contributed by atoms with Gasteiger partial charge >= 0.3 is 10.2 Å². The van der Waals surface area contributed by atoms with Crippen LogP contribution in [0.3, 0.4) is 0 Å². The second-order valence-corrected chi connectivity index (χ2v) is 6.58. The van der Waals surface area contributed by atoms with Gasteiger partial charge in [0.05, 0.1) is 10.6 Å². The standard InChI is InChI=1S/C16H17FN4O4S/c1-3-20(4-2)13-7-5-12(6-8-13)18-19-15-10-9-14(26(17,24)25)11-16(15)21(22)23/h5-11H,3-4H2,1-2H3. The molecule has 26 heavy (non-hydrogen) atoms. The van der Waals surface area contributed by atoms with E-state index in [2.05, 4.69) is 15.1 Å². The van der Waals surface area contributed by atoms with Crippen LogP contribution in [-0.4, -0.2) is 26.4 Å². The Morgan fingerprint density at radius 1 is 1.08 bits per heavy atom. The number of azo groups is 1. The topological polar surface area (TPSA) is 105 Å². The number of hydrogen-bond donors (Lipinski definition) is 0. The zero-order chi connectivity index (χ0) is 19.3. The summed E-state index contributed by atoms with van der Waals surface area (Å²) in [4.78, 5) is 11.6. The van der Waals surface area contributed by atoms with Gasteiger partial charge in [-0.15, -0.1) is 9.00 Å². The first-order valence-corrected chi connectivity index (χ1v) is 9.14. The van der Waals surface area contributed by atoms with Crippen LogP contribution in [0.2, 0.25) is 0 Å². The van der Waals surface area contributed by atoms with Crippen molar-refractivity contribution in [1.82, 2.24) is 0 Å². The lowest BCUT2D eigenvalue weighted by Gasteiger charge is -2.20. The van der Waals surface area contributed by atoms with E-state index in [0.717, 1.165) is 30.9 Å². The second kappa shape index (κ2) is 8.00. The molecule has 8 nitrogen and oxygen atoms in total. The van der Waals surface area contributed by atoms with E-state index < -0.39 is 25.7 Å². The van der Waals surface area contributed by atoms with E-state index in [1.165, 1.54) is 0 Å². The summed E-state index contributed by atoms with van der Waals surface area (Å²) in [7, 11) is -5.04. The van der Waals surface area contributed by atoms with Gasteiger partial charge in [0.25, 0.3) is 5.69 Å². The largest absolute Gasteiger partial charge is 0.372 e. The van der Waals surface area contributed by atoms with E-state index in [4.69, 9.17) is 0 Å². The highest BCUT2D eigenvalue weighted by molar-refractivity contribution is 7.86. The highest BCUT2D eigenvalue weighted by Gasteiger charge is 2.20. The lowest BCUT2D eigenvalue weighted by atomic mass is 10.2. The minimum absolute atomic E-state index is 0.171. The van der Waals surface area contributed by atoms with Crippen molar-refractivity contribution in [2.24, 2.45) is 10.2 Å². The summed E-state index contributed by atoms with van der Waals surface area (Å²) in [5, 5.41) is 18.8. The maximum absolute atomic E-state index is 13.0. The van der Waals surface area contributed by atoms with Crippen LogP contribution in [0.1, 0.15) is 13.8 Å². The number of nitro benzene ring substituents is 1. The van der Waals surface area contributed by atoms with Gasteiger partial charge in [0, 0.05) is 24.8 Å². The Morgan fingerprint density at radius 3 is 2.19 bits per heavy atom. The molecular formula is C16H17FN4O4S. The first-order chi connectivity index (χ1) is 12.3. The summed E-state index contributed by atoms with van der Waals surface area (Å²) < 4.78 is 34.8. The molecule has 138 valence electrons. The molecule has 0 atom stereocenters. The number of halogens is 1. The molecule has 2 rings (SSSR count). The van der Waals surface area contributed by atoms with E-state index in [1.54, 1.807) is 12.1 Å². The van der Waals surface area contributed by atoms with E-state index in [1.807, 2.05) is 26.0 Å². The summed E-state index contributed by atoms with van der Waals surface area (Å²) in [5.41, 5.74) is 0.664. The molecule has 10 heteroatoms. The predicted octanol–water partition coefficient (Wildman–Crippen LogP) is 4.51. The molecule has 0 aliphatic heterocycles. The highest BCUT2D eigenvalue weighted by Crippen LogP contribution is 2.32. The van der Waals surface area contributed by atoms with Crippen molar-refractivity contribution in [3.05, 3.63) is 52.6 Å². The van der Waals surface area contributed by atoms with Crippen LogP contribution in [0, 0.1) is 10.1 Å². The maximum atomic E-state index is 13.0. The fraction of sp³-hybridized carbons (Fsp3) is 0.250. The van der Waals surface area contributed by atoms with Crippen molar-refractivity contribution >= 4 is 33.0 Å². The quantitative estimate of drug-likeness (QED) is 0.304. The predicted molar refractivity (Wildman–Crippen MR) is 95.6 cm³/mol. The average Bonchev–Trinajstić information content (AvgIpc) is 2.61. The van der Waals surface area contributed by atoms with E-state index >= 15 is 0 Å². The number of rotatable bonds is 7. The number of nitrogens with zero attached hydrogens (tertiary/aromatic N) is 4. The molecule has 0 fully saturated rings. The summed E-state index contributed by atoms with van der Waals surface area (Å²) >= 11 is 0. The molecule has 0 saturated carbocycles. The Bertz CT molecular complexity index is 926. The van der Waals surface area contributed by atoms with Crippen molar-refractivity contribution in [1.29, 1.82) is 0 Å². The zero-order valence-corrected chi connectivity index (χ0v) is 15.0. The van der Waals surface area contributed by atoms with Gasteiger partial charge in [-0.3, -0.25) is 10.1 Å². The first kappa shape index (κ1) is 19.4. The molecule has 2 aromatic rings. The van der Waals surface area contributed by atoms with Gasteiger partial charge in [-0.2, -0.15) is 13.5 Å². The van der Waals surface area contributed by atoms with Crippen LogP contribution in [0.15, 0.2) is 57.6 Å². The third kappa shape index (κ3) is 4.60. The molecule has 0 saturated heterocycles. The molecule has 2 aromatic carbocycles. The van der Waals surface area contributed by atoms with Crippen LogP contribution < -0.4 is 4.90 Å². The van der Waals surface area contributed by atoms with Crippen molar-refractivity contribution in [2.75, 3.05) is 18.0 Å². The van der Waals surface area contributed by atoms with Gasteiger partial charge in [-0.25, -0.2) is 0 Å². The van der Waals surface area contributed by atoms with Gasteiger partial charge in [0.2, 0.25) is 0 Å². The lowest BCUT2D eigenvalue weighted by molar-refractivity contribution is -0.384. The minimum atomic E-state index is -5.04. The Balaban J connectivity index is 2.31. The summed E-state index contributed by atoms with van der Waals surface area (Å²) in [5.74, 6) is 0. The van der Waals surface area contributed by atoms with Gasteiger partial charge in [0.1, 0.15) is 4.90 Å². The van der Waals surface area contributed by atoms with Crippen LogP contribution in [0.5, 0.6) is 0 Å². The smallest absolute Gasteiger partial charge is 0.332 e. The molecule has 0 radical (unpaired) electrons. The Morgan fingerprint density at radius 2 is 1.69 bits per heavy atom. The highest BCUT2D eigenvalue weighted by atomic mass is 32.3. The lowest BCUT2D eigenvalue weighted by Crippen LogP contribution is -2.21. The van der Waals surface area contributed by atoms with Crippen molar-refractivity contribution in [2.45, 2.75) is 18.7 Å². The number of benzene rings is 2. The summed E-state index contributed by atoms with van der Waals surface area (Å²) in [6.45, 7) is 5.79. The maximum Gasteiger partial charge on any atom is 0.332 e. The van der Waals surface area contributed by atoms with Gasteiger partial charge in [-0.1, -0.05) is 0 Å². The molecule has 0 aliphatic rings. The molecule has 0 aromatic heterocycles. The van der Waals surface area contributed by atoms with E-state index in [0.29, 0.717) is 11.8 Å². The Labute approximate surface area is 150 Å². The van der Waals surface area contributed by atoms with Gasteiger partial charge < -0.3 is 4.90 Å². The van der Waals surface area contributed by atoms with Crippen LogP contribution in [0.25, 0.3) is 0 Å². The Hall–Kier alpha value is -2.88. The molecule has 0 unspecified atom stereocenters. The second-order valence-electron chi connectivity index (χ2n) is 5.23. The minimum Gasteiger partial charge on any atom is -0.372 e. The van der Waals surface area contributed by atoms with E-state index in [9.17, 15) is 22.4 Å². The zero-order valence-electron chi connectivity index (χ0n) is 14.2. The average molecular weight is 380 g/mol. The SMILES string of the molecule is CCN(CC)c1ccc(N=Nc2ccc(S(=O)(=O)F)cc2[N+](=O)[O-])cc1. The summed E-state index contributed by atoms with van der Waals surface area (Å²) in [6.07, 6.45) is 0. The van der Waals surface area contributed by atoms with Crippen LogP contribution >= 0.6 is 0 Å². The van der Waals surface area contributed by atoms with Crippen molar-refractivity contribution in [3.8, 4) is 0 Å². The molecule has 0 aliphatic carbocycles. The number of anilines is 1. The third-order valence-electron chi connectivity index (χ3n) is 3.68. The number of nitro groups is 1. The molecule has 0 N–H and O–H groups in total. The number of hydrogen-bond acceptors (Lipinski definition) is 7. The van der Waals surface area contributed by atoms with E-state index in [-0.39, 0.29) is 5.69 Å². The van der Waals surface area contributed by atoms with Gasteiger partial charge in [0.15, 0.2) is 5.69 Å². The fourth-order valence-electron chi connectivity index (χ4n) is 2.32. The monoisotopic (exact) mass is 380 g/mol. The molecule has 0 bridgehead atoms. The Kier molecular flexibility index (Phi) is 5.98.